The number of aliphatic carboxylic acids is 1. The summed E-state index contributed by atoms with van der Waals surface area (Å²) in [6, 6.07) is 12.6. The highest BCUT2D eigenvalue weighted by Gasteiger charge is 2.38. The number of hydrogen-bond donors (Lipinski definition) is 3. The lowest BCUT2D eigenvalue weighted by molar-refractivity contribution is -0.192. The van der Waals surface area contributed by atoms with Gasteiger partial charge in [-0.15, -0.1) is 0 Å². The molecule has 1 fully saturated rings. The van der Waals surface area contributed by atoms with Crippen molar-refractivity contribution in [2.75, 3.05) is 19.6 Å². The molecule has 2 heterocycles. The van der Waals surface area contributed by atoms with Crippen LogP contribution >= 0.6 is 0 Å². The largest absolute Gasteiger partial charge is 0.490 e. The Balaban J connectivity index is 0.000000360. The van der Waals surface area contributed by atoms with E-state index in [1.165, 1.54) is 12.1 Å². The summed E-state index contributed by atoms with van der Waals surface area (Å²) < 4.78 is 45.6. The van der Waals surface area contributed by atoms with Crippen molar-refractivity contribution < 1.29 is 32.3 Å². The van der Waals surface area contributed by atoms with E-state index >= 15 is 0 Å². The number of carbonyl (C=O) groups excluding carboxylic acids is 1. The van der Waals surface area contributed by atoms with Crippen LogP contribution in [-0.4, -0.2) is 63.1 Å². The minimum Gasteiger partial charge on any atom is -0.475 e. The lowest BCUT2D eigenvalue weighted by Gasteiger charge is -2.25. The number of carboxylic acids is 1. The van der Waals surface area contributed by atoms with Crippen molar-refractivity contribution >= 4 is 22.9 Å². The van der Waals surface area contributed by atoms with Gasteiger partial charge < -0.3 is 15.3 Å². The van der Waals surface area contributed by atoms with Gasteiger partial charge in [-0.2, -0.15) is 28.6 Å². The lowest BCUT2D eigenvalue weighted by atomic mass is 10.1. The van der Waals surface area contributed by atoms with Crippen molar-refractivity contribution in [1.29, 1.82) is 0 Å². The maximum absolute atomic E-state index is 13.9. The topological polar surface area (TPSA) is 111 Å². The number of nitrogens with zero attached hydrogens (tertiary/aromatic N) is 3. The molecule has 0 radical (unpaired) electrons. The summed E-state index contributed by atoms with van der Waals surface area (Å²) in [5, 5.41) is 21.0. The second kappa shape index (κ2) is 9.73. The predicted molar refractivity (Wildman–Crippen MR) is 105 cm³/mol. The Bertz CT molecular complexity index is 1090. The van der Waals surface area contributed by atoms with E-state index in [4.69, 9.17) is 9.90 Å². The first-order valence-corrected chi connectivity index (χ1v) is 9.54. The normalized spacial score (nSPS) is 16.8. The molecule has 1 aliphatic heterocycles. The summed E-state index contributed by atoms with van der Waals surface area (Å²) in [6.45, 7) is 1.97. The molecular formula is C20H19F4N5O3. The molecule has 0 bridgehead atoms. The molecule has 1 aromatic heterocycles. The van der Waals surface area contributed by atoms with Crippen LogP contribution in [0.3, 0.4) is 0 Å². The highest BCUT2D eigenvalue weighted by molar-refractivity contribution is 6.04. The molecule has 4 rings (SSSR count). The Morgan fingerprint density at radius 1 is 1.12 bits per heavy atom. The average molecular weight is 453 g/mol. The number of aromatic nitrogens is 3. The second-order valence-corrected chi connectivity index (χ2v) is 6.97. The Labute approximate surface area is 179 Å². The number of halogens is 4. The van der Waals surface area contributed by atoms with Gasteiger partial charge in [0.1, 0.15) is 16.9 Å². The van der Waals surface area contributed by atoms with Crippen LogP contribution in [0.4, 0.5) is 17.6 Å². The number of hydrogen-bond acceptors (Lipinski definition) is 5. The Morgan fingerprint density at radius 2 is 1.81 bits per heavy atom. The highest BCUT2D eigenvalue weighted by atomic mass is 19.4. The standard InChI is InChI=1S/C18H18FN5O.C2HF3O2/c19-13-9-14(17-15(10-13)21-23-22-17)18(25)24-8-4-7-20-16(11-24)12-5-2-1-3-6-12;3-2(4,5)1(6)7/h1-3,5-6,9-10,16,20H,4,7-8,11H2,(H,21,22,23);(H,6,7). The van der Waals surface area contributed by atoms with Crippen molar-refractivity contribution in [2.24, 2.45) is 0 Å². The molecule has 1 atom stereocenters. The number of carbonyl (C=O) groups is 2. The molecule has 1 saturated heterocycles. The SMILES string of the molecule is O=C(O)C(F)(F)F.O=C(c1cc(F)cc2n[nH]nc12)N1CCCNC(c2ccccc2)C1. The fourth-order valence-corrected chi connectivity index (χ4v) is 3.27. The zero-order valence-corrected chi connectivity index (χ0v) is 16.6. The smallest absolute Gasteiger partial charge is 0.475 e. The number of rotatable bonds is 2. The predicted octanol–water partition coefficient (Wildman–Crippen LogP) is 2.91. The van der Waals surface area contributed by atoms with E-state index in [0.29, 0.717) is 24.1 Å². The van der Waals surface area contributed by atoms with Crippen LogP contribution < -0.4 is 5.32 Å². The summed E-state index contributed by atoms with van der Waals surface area (Å²) in [7, 11) is 0. The minimum absolute atomic E-state index is 0.0500. The molecule has 1 amide bonds. The number of benzene rings is 2. The van der Waals surface area contributed by atoms with Crippen LogP contribution in [0.2, 0.25) is 0 Å². The summed E-state index contributed by atoms with van der Waals surface area (Å²) >= 11 is 0. The van der Waals surface area contributed by atoms with Crippen molar-refractivity contribution in [1.82, 2.24) is 25.6 Å². The summed E-state index contributed by atoms with van der Waals surface area (Å²) in [6.07, 6.45) is -4.24. The zero-order valence-electron chi connectivity index (χ0n) is 16.6. The van der Waals surface area contributed by atoms with Crippen LogP contribution in [0.1, 0.15) is 28.4 Å². The highest BCUT2D eigenvalue weighted by Crippen LogP contribution is 2.22. The molecule has 0 spiro atoms. The van der Waals surface area contributed by atoms with Crippen LogP contribution in [0.15, 0.2) is 42.5 Å². The Morgan fingerprint density at radius 3 is 2.47 bits per heavy atom. The van der Waals surface area contributed by atoms with Gasteiger partial charge in [0.05, 0.1) is 5.56 Å². The van der Waals surface area contributed by atoms with Gasteiger partial charge in [-0.25, -0.2) is 9.18 Å². The number of amides is 1. The zero-order chi connectivity index (χ0) is 23.3. The maximum atomic E-state index is 13.9. The van der Waals surface area contributed by atoms with Gasteiger partial charge >= 0.3 is 12.1 Å². The van der Waals surface area contributed by atoms with Crippen LogP contribution in [0, 0.1) is 5.82 Å². The van der Waals surface area contributed by atoms with Crippen LogP contribution in [-0.2, 0) is 4.79 Å². The van der Waals surface area contributed by atoms with Crippen LogP contribution in [0.5, 0.6) is 0 Å². The molecule has 3 aromatic rings. The first-order valence-electron chi connectivity index (χ1n) is 9.54. The van der Waals surface area contributed by atoms with Crippen molar-refractivity contribution in [3.05, 3.63) is 59.4 Å². The number of nitrogens with one attached hydrogen (secondary N) is 2. The number of aromatic amines is 1. The summed E-state index contributed by atoms with van der Waals surface area (Å²) in [5.41, 5.74) is 2.14. The van der Waals surface area contributed by atoms with E-state index in [2.05, 4.69) is 20.7 Å². The molecule has 0 aliphatic carbocycles. The van der Waals surface area contributed by atoms with Gasteiger partial charge in [0.25, 0.3) is 5.91 Å². The Kier molecular flexibility index (Phi) is 7.03. The van der Waals surface area contributed by atoms with E-state index < -0.39 is 18.0 Å². The molecule has 3 N–H and O–H groups in total. The fraction of sp³-hybridized carbons (Fsp3) is 0.300. The molecule has 0 saturated carbocycles. The van der Waals surface area contributed by atoms with Crippen molar-refractivity contribution in [3.63, 3.8) is 0 Å². The number of alkyl halides is 3. The quantitative estimate of drug-likeness (QED) is 0.515. The second-order valence-electron chi connectivity index (χ2n) is 6.97. The molecule has 1 unspecified atom stereocenters. The average Bonchev–Trinajstić information content (AvgIpc) is 3.08. The molecule has 32 heavy (non-hydrogen) atoms. The van der Waals surface area contributed by atoms with Gasteiger partial charge in [0.2, 0.25) is 0 Å². The van der Waals surface area contributed by atoms with Crippen molar-refractivity contribution in [3.8, 4) is 0 Å². The van der Waals surface area contributed by atoms with E-state index in [-0.39, 0.29) is 17.5 Å². The fourth-order valence-electron chi connectivity index (χ4n) is 3.27. The van der Waals surface area contributed by atoms with Gasteiger partial charge in [0, 0.05) is 25.2 Å². The first kappa shape index (κ1) is 23.1. The number of carboxylic acid groups (broad SMARTS) is 1. The van der Waals surface area contributed by atoms with E-state index in [1.807, 2.05) is 30.3 Å². The molecule has 170 valence electrons. The lowest BCUT2D eigenvalue weighted by Crippen LogP contribution is -2.36. The maximum Gasteiger partial charge on any atom is 0.490 e. The molecule has 2 aromatic carbocycles. The molecule has 12 heteroatoms. The molecule has 8 nitrogen and oxygen atoms in total. The van der Waals surface area contributed by atoms with Gasteiger partial charge in [-0.3, -0.25) is 4.79 Å². The third-order valence-corrected chi connectivity index (χ3v) is 4.75. The van der Waals surface area contributed by atoms with E-state index in [9.17, 15) is 22.4 Å². The summed E-state index contributed by atoms with van der Waals surface area (Å²) in [5.74, 6) is -3.46. The van der Waals surface area contributed by atoms with Gasteiger partial charge in [-0.1, -0.05) is 30.3 Å². The van der Waals surface area contributed by atoms with E-state index in [1.54, 1.807) is 4.90 Å². The minimum atomic E-state index is -5.08. The monoisotopic (exact) mass is 453 g/mol. The third-order valence-electron chi connectivity index (χ3n) is 4.75. The third kappa shape index (κ3) is 5.58. The van der Waals surface area contributed by atoms with Gasteiger partial charge in [0.15, 0.2) is 0 Å². The Hall–Kier alpha value is -3.54. The molecule has 1 aliphatic rings. The first-order chi connectivity index (χ1) is 15.2. The van der Waals surface area contributed by atoms with Crippen molar-refractivity contribution in [2.45, 2.75) is 18.6 Å². The van der Waals surface area contributed by atoms with E-state index in [0.717, 1.165) is 18.5 Å². The number of fused-ring (bicyclic) bond motifs is 1. The van der Waals surface area contributed by atoms with Crippen LogP contribution in [0.25, 0.3) is 11.0 Å². The summed E-state index contributed by atoms with van der Waals surface area (Å²) in [4.78, 5) is 23.7. The van der Waals surface area contributed by atoms with Gasteiger partial charge in [-0.05, 0) is 24.6 Å². The number of H-pyrrole nitrogens is 1. The molecular weight excluding hydrogens is 434 g/mol.